The van der Waals surface area contributed by atoms with Gasteiger partial charge >= 0.3 is 0 Å². The van der Waals surface area contributed by atoms with E-state index in [-0.39, 0.29) is 0 Å². The highest BCUT2D eigenvalue weighted by Gasteiger charge is 2.28. The van der Waals surface area contributed by atoms with Gasteiger partial charge in [0.05, 0.1) is 16.1 Å². The lowest BCUT2D eigenvalue weighted by molar-refractivity contribution is 0.669. The van der Waals surface area contributed by atoms with E-state index < -0.39 is 0 Å². The van der Waals surface area contributed by atoms with Crippen LogP contribution >= 0.6 is 11.3 Å². The molecule has 0 atom stereocenters. The molecule has 0 radical (unpaired) electrons. The summed E-state index contributed by atoms with van der Waals surface area (Å²) in [4.78, 5) is 35.1. The molecule has 2 aliphatic heterocycles. The molecule has 0 N–H and O–H groups in total. The van der Waals surface area contributed by atoms with Crippen LogP contribution in [-0.4, -0.2) is 29.9 Å². The molecule has 0 amide bonds. The van der Waals surface area contributed by atoms with Crippen molar-refractivity contribution < 1.29 is 4.42 Å². The Bertz CT molecular complexity index is 7340. The van der Waals surface area contributed by atoms with Gasteiger partial charge in [0.2, 0.25) is 0 Å². The van der Waals surface area contributed by atoms with Crippen LogP contribution in [0.4, 0.5) is 22.7 Å². The summed E-state index contributed by atoms with van der Waals surface area (Å²) in [6, 6.07) is 132. The predicted octanol–water partition coefficient (Wildman–Crippen LogP) is 28.4. The Kier molecular flexibility index (Phi) is 16.6. The SMILES string of the molecule is C1=CN(c2ccccc2)c2c3oc4cccc(-c5ccc(-c6nc(-c7ccccc7)nc(-c7ccccc7)n6)c6ccccc56)c4c3cc3cccc1c23.C1=CN(c2ccccc2)c2c3sc4cc(-c5ccc(-c6nc(-c7cccc(-c8ccccc8)c7)nc(-c7cccc(-c8ccccc8)c7)n6)cc5)ccc4c3cc3cccc1c23. The van der Waals surface area contributed by atoms with Gasteiger partial charge < -0.3 is 14.2 Å². The summed E-state index contributed by atoms with van der Waals surface area (Å²) in [5, 5.41) is 11.8. The van der Waals surface area contributed by atoms with Crippen LogP contribution < -0.4 is 9.80 Å². The molecule has 0 spiro atoms. The van der Waals surface area contributed by atoms with Crippen LogP contribution in [0.15, 0.2) is 393 Å². The number of thiophene rings is 1. The zero-order valence-electron chi connectivity index (χ0n) is 62.5. The van der Waals surface area contributed by atoms with Crippen LogP contribution in [0, 0.1) is 0 Å². The van der Waals surface area contributed by atoms with Crippen molar-refractivity contribution in [3.63, 3.8) is 0 Å². The minimum atomic E-state index is 0.629. The maximum atomic E-state index is 6.90. The first-order valence-corrected chi connectivity index (χ1v) is 39.8. The predicted molar refractivity (Wildman–Crippen MR) is 482 cm³/mol. The molecule has 542 valence electrons. The highest BCUT2D eigenvalue weighted by molar-refractivity contribution is 7.26. The van der Waals surface area contributed by atoms with E-state index in [1.165, 1.54) is 64.1 Å². The molecule has 17 aromatic carbocycles. The third-order valence-electron chi connectivity index (χ3n) is 22.3. The van der Waals surface area contributed by atoms with Crippen molar-refractivity contribution in [3.8, 4) is 113 Å². The first-order valence-electron chi connectivity index (χ1n) is 38.9. The van der Waals surface area contributed by atoms with E-state index in [4.69, 9.17) is 34.3 Å². The number of anilines is 4. The quantitative estimate of drug-likeness (QED) is 0.118. The second kappa shape index (κ2) is 28.4. The molecular weight excluding hydrogens is 1430 g/mol. The second-order valence-electron chi connectivity index (χ2n) is 29.3. The monoisotopic (exact) mass is 1500 g/mol. The summed E-state index contributed by atoms with van der Waals surface area (Å²) in [5.41, 5.74) is 23.4. The number of rotatable bonds is 12. The van der Waals surface area contributed by atoms with Gasteiger partial charge in [-0.1, -0.05) is 309 Å². The summed E-state index contributed by atoms with van der Waals surface area (Å²) < 4.78 is 9.46. The first-order chi connectivity index (χ1) is 57.5. The van der Waals surface area contributed by atoms with E-state index in [0.717, 1.165) is 122 Å². The van der Waals surface area contributed by atoms with Crippen molar-refractivity contribution in [2.24, 2.45) is 0 Å². The average molecular weight is 1500 g/mol. The topological polar surface area (TPSA) is 97.0 Å². The van der Waals surface area contributed by atoms with E-state index in [1.807, 2.05) is 84.1 Å². The van der Waals surface area contributed by atoms with Crippen LogP contribution in [0.1, 0.15) is 11.1 Å². The van der Waals surface area contributed by atoms with E-state index in [9.17, 15) is 0 Å². The highest BCUT2D eigenvalue weighted by atomic mass is 32.1. The van der Waals surface area contributed by atoms with E-state index in [0.29, 0.717) is 34.9 Å². The summed E-state index contributed by atoms with van der Waals surface area (Å²) in [6.45, 7) is 0. The fourth-order valence-corrected chi connectivity index (χ4v) is 18.1. The van der Waals surface area contributed by atoms with Crippen LogP contribution in [-0.2, 0) is 0 Å². The van der Waals surface area contributed by atoms with Gasteiger partial charge in [0.25, 0.3) is 0 Å². The van der Waals surface area contributed by atoms with Crippen LogP contribution in [0.3, 0.4) is 0 Å². The molecule has 0 bridgehead atoms. The number of fused-ring (bicyclic) bond motifs is 9. The molecule has 6 heterocycles. The van der Waals surface area contributed by atoms with Gasteiger partial charge in [-0.2, -0.15) is 0 Å². The summed E-state index contributed by atoms with van der Waals surface area (Å²) >= 11 is 1.87. The Morgan fingerprint density at radius 3 is 1.20 bits per heavy atom. The Morgan fingerprint density at radius 1 is 0.241 bits per heavy atom. The van der Waals surface area contributed by atoms with Gasteiger partial charge in [-0.05, 0) is 156 Å². The number of benzene rings is 17. The Labute approximate surface area is 672 Å². The molecule has 0 saturated heterocycles. The number of hydrogen-bond acceptors (Lipinski definition) is 10. The number of nitrogens with zero attached hydrogens (tertiary/aromatic N) is 8. The Morgan fingerprint density at radius 2 is 0.638 bits per heavy atom. The molecule has 21 aromatic rings. The normalized spacial score (nSPS) is 12.2. The molecule has 9 nitrogen and oxygen atoms in total. The first kappa shape index (κ1) is 67.5. The number of aromatic nitrogens is 6. The minimum Gasteiger partial charge on any atom is -0.454 e. The summed E-state index contributed by atoms with van der Waals surface area (Å²) in [7, 11) is 0. The largest absolute Gasteiger partial charge is 0.454 e. The molecule has 10 heteroatoms. The standard InChI is InChI=1S/C57H36N4S.C49H30N4O/c1-4-13-37(14-5-1)42-18-11-21-46(33-42)56-58-55(59-57(60-56)47-22-12-19-43(34-47)38-15-6-2-7-16-38)41-27-25-39(26-28-41)44-29-30-49-50-35-45-20-10-17-40-31-32-61(48-23-8-3-9-24-48)53(52(40)45)54(50)62-51(49)36-44;1-4-14-32(15-5-1)47-50-48(33-16-6-2-7-17-33)52-49(51-47)40-27-26-38(36-22-10-11-23-37(36)40)39-24-13-25-42-44(39)41-30-34-19-12-18-31-28-29-53(35-20-8-3-9-21-35)45(43(31)34)46(41)54-42/h1-36H;1-30H. The number of furan rings is 1. The lowest BCUT2D eigenvalue weighted by Crippen LogP contribution is -2.12. The molecular formula is C106H66N8OS. The third kappa shape index (κ3) is 12.0. The molecule has 4 aromatic heterocycles. The van der Waals surface area contributed by atoms with E-state index >= 15 is 0 Å². The van der Waals surface area contributed by atoms with Crippen LogP contribution in [0.25, 0.3) is 199 Å². The van der Waals surface area contributed by atoms with Gasteiger partial charge in [0.1, 0.15) is 5.58 Å². The van der Waals surface area contributed by atoms with Crippen LogP contribution in [0.2, 0.25) is 0 Å². The fraction of sp³-hybridized carbons (Fsp3) is 0. The lowest BCUT2D eigenvalue weighted by Gasteiger charge is -2.27. The average Bonchev–Trinajstić information content (AvgIpc) is 1.55. The smallest absolute Gasteiger partial charge is 0.164 e. The zero-order chi connectivity index (χ0) is 76.6. The van der Waals surface area contributed by atoms with Crippen molar-refractivity contribution >= 4 is 121 Å². The van der Waals surface area contributed by atoms with Crippen molar-refractivity contribution in [1.82, 2.24) is 29.9 Å². The molecule has 2 aliphatic rings. The van der Waals surface area contributed by atoms with Gasteiger partial charge in [0.15, 0.2) is 40.5 Å². The number of para-hydroxylation sites is 2. The van der Waals surface area contributed by atoms with Crippen LogP contribution in [0.5, 0.6) is 0 Å². The van der Waals surface area contributed by atoms with Gasteiger partial charge in [-0.15, -0.1) is 11.3 Å². The maximum absolute atomic E-state index is 6.90. The lowest BCUT2D eigenvalue weighted by atomic mass is 9.91. The van der Waals surface area contributed by atoms with Crippen molar-refractivity contribution in [1.29, 1.82) is 0 Å². The fourth-order valence-electron chi connectivity index (χ4n) is 16.8. The van der Waals surface area contributed by atoms with Crippen molar-refractivity contribution in [2.45, 2.75) is 0 Å². The molecule has 0 unspecified atom stereocenters. The Hall–Kier alpha value is -15.4. The summed E-state index contributed by atoms with van der Waals surface area (Å²) in [6.07, 6.45) is 8.79. The third-order valence-corrected chi connectivity index (χ3v) is 23.5. The molecule has 23 rings (SSSR count). The molecule has 0 aliphatic carbocycles. The Balaban J connectivity index is 0.000000142. The zero-order valence-corrected chi connectivity index (χ0v) is 63.3. The second-order valence-corrected chi connectivity index (χ2v) is 30.3. The molecule has 0 fully saturated rings. The molecule has 0 saturated carbocycles. The van der Waals surface area contributed by atoms with Gasteiger partial charge in [0, 0.05) is 94.2 Å². The maximum Gasteiger partial charge on any atom is 0.164 e. The van der Waals surface area contributed by atoms with E-state index in [2.05, 4.69) is 338 Å². The molecule has 116 heavy (non-hydrogen) atoms. The van der Waals surface area contributed by atoms with E-state index in [1.54, 1.807) is 0 Å². The van der Waals surface area contributed by atoms with Gasteiger partial charge in [-0.3, -0.25) is 0 Å². The van der Waals surface area contributed by atoms with Gasteiger partial charge in [-0.25, -0.2) is 29.9 Å². The van der Waals surface area contributed by atoms with Crippen molar-refractivity contribution in [3.05, 3.63) is 400 Å². The number of hydrogen-bond donors (Lipinski definition) is 0. The summed E-state index contributed by atoms with van der Waals surface area (Å²) in [5.74, 6) is 3.80. The highest BCUT2D eigenvalue weighted by Crippen LogP contribution is 2.52. The minimum absolute atomic E-state index is 0.629. The van der Waals surface area contributed by atoms with Crippen molar-refractivity contribution in [2.75, 3.05) is 9.80 Å².